The highest BCUT2D eigenvalue weighted by molar-refractivity contribution is 8.14. The summed E-state index contributed by atoms with van der Waals surface area (Å²) >= 11 is 1.26. The first-order valence-corrected chi connectivity index (χ1v) is 15.0. The van der Waals surface area contributed by atoms with E-state index in [4.69, 9.17) is 0 Å². The van der Waals surface area contributed by atoms with E-state index in [1.54, 1.807) is 41.3 Å². The standard InChI is InChI=1S/C27H21NO3S.C9H11FO/c29-23-8-4-7-20(15-23)21-11-14-24(26(30)16-21)25-17-32-27(31)28(25)22-12-9-19(10-13-22)18-5-2-1-3-6-18;1-2-9(11)7-3-5-8(10)6-4-7/h1-16,25,29-30H,17H2;3-6,9,11H,2H2,1H3. The summed E-state index contributed by atoms with van der Waals surface area (Å²) in [6.07, 6.45) is 0.196. The van der Waals surface area contributed by atoms with Crippen molar-refractivity contribution in [2.24, 2.45) is 0 Å². The maximum Gasteiger partial charge on any atom is 0.286 e. The molecule has 1 fully saturated rings. The number of hydrogen-bond donors (Lipinski definition) is 3. The monoisotopic (exact) mass is 593 g/mol. The summed E-state index contributed by atoms with van der Waals surface area (Å²) in [6, 6.07) is 36.1. The molecule has 5 aromatic rings. The quantitative estimate of drug-likeness (QED) is 0.183. The van der Waals surface area contributed by atoms with Crippen molar-refractivity contribution in [3.05, 3.63) is 138 Å². The molecule has 1 aliphatic heterocycles. The van der Waals surface area contributed by atoms with Gasteiger partial charge in [0, 0.05) is 17.0 Å². The number of phenols is 2. The molecule has 3 N–H and O–H groups in total. The molecule has 0 aromatic heterocycles. The summed E-state index contributed by atoms with van der Waals surface area (Å²) in [5, 5.41) is 29.8. The van der Waals surface area contributed by atoms with Gasteiger partial charge in [-0.1, -0.05) is 97.5 Å². The molecular formula is C36H32FNO4S. The average Bonchev–Trinajstić information content (AvgIpc) is 3.42. The number of thioether (sulfide) groups is 1. The third kappa shape index (κ3) is 7.08. The molecule has 0 bridgehead atoms. The Bertz CT molecular complexity index is 1680. The molecule has 2 atom stereocenters. The molecule has 0 saturated carbocycles. The second kappa shape index (κ2) is 13.6. The maximum absolute atomic E-state index is 12.7. The zero-order valence-electron chi connectivity index (χ0n) is 23.6. The van der Waals surface area contributed by atoms with Crippen molar-refractivity contribution in [3.63, 3.8) is 0 Å². The van der Waals surface area contributed by atoms with Gasteiger partial charge in [-0.15, -0.1) is 0 Å². The number of aromatic hydroxyl groups is 2. The van der Waals surface area contributed by atoms with Crippen molar-refractivity contribution in [3.8, 4) is 33.8 Å². The van der Waals surface area contributed by atoms with E-state index in [0.717, 1.165) is 33.5 Å². The van der Waals surface area contributed by atoms with Crippen LogP contribution >= 0.6 is 11.8 Å². The number of carbonyl (C=O) groups is 1. The Morgan fingerprint density at radius 3 is 2.07 bits per heavy atom. The van der Waals surface area contributed by atoms with E-state index in [-0.39, 0.29) is 28.6 Å². The molecule has 1 aliphatic rings. The highest BCUT2D eigenvalue weighted by atomic mass is 32.2. The molecule has 0 aliphatic carbocycles. The smallest absolute Gasteiger partial charge is 0.286 e. The molecule has 1 saturated heterocycles. The van der Waals surface area contributed by atoms with Gasteiger partial charge >= 0.3 is 0 Å². The van der Waals surface area contributed by atoms with Gasteiger partial charge in [-0.05, 0) is 76.7 Å². The summed E-state index contributed by atoms with van der Waals surface area (Å²) in [5.74, 6) is 0.612. The fraction of sp³-hybridized carbons (Fsp3) is 0.139. The number of amides is 1. The van der Waals surface area contributed by atoms with Crippen molar-refractivity contribution >= 4 is 22.7 Å². The summed E-state index contributed by atoms with van der Waals surface area (Å²) in [4.78, 5) is 14.5. The van der Waals surface area contributed by atoms with Crippen LogP contribution in [0.5, 0.6) is 11.5 Å². The highest BCUT2D eigenvalue weighted by Gasteiger charge is 2.35. The molecular weight excluding hydrogens is 561 g/mol. The lowest BCUT2D eigenvalue weighted by Gasteiger charge is -2.25. The van der Waals surface area contributed by atoms with Crippen LogP contribution in [-0.4, -0.2) is 26.3 Å². The molecule has 1 amide bonds. The molecule has 6 rings (SSSR count). The second-order valence-corrected chi connectivity index (χ2v) is 11.1. The lowest BCUT2D eigenvalue weighted by Crippen LogP contribution is -2.26. The first-order chi connectivity index (χ1) is 20.8. The van der Waals surface area contributed by atoms with Crippen LogP contribution < -0.4 is 4.90 Å². The minimum atomic E-state index is -0.462. The molecule has 0 spiro atoms. The predicted octanol–water partition coefficient (Wildman–Crippen LogP) is 9.12. The lowest BCUT2D eigenvalue weighted by molar-refractivity contribution is 0.173. The minimum Gasteiger partial charge on any atom is -0.508 e. The topological polar surface area (TPSA) is 81.0 Å². The van der Waals surface area contributed by atoms with E-state index in [0.29, 0.717) is 17.7 Å². The molecule has 5 nitrogen and oxygen atoms in total. The van der Waals surface area contributed by atoms with Crippen molar-refractivity contribution in [2.45, 2.75) is 25.5 Å². The molecule has 5 aromatic carbocycles. The largest absolute Gasteiger partial charge is 0.508 e. The number of benzene rings is 5. The van der Waals surface area contributed by atoms with Gasteiger partial charge < -0.3 is 15.3 Å². The number of aliphatic hydroxyl groups excluding tert-OH is 1. The zero-order chi connectivity index (χ0) is 30.3. The van der Waals surface area contributed by atoms with Gasteiger partial charge in [-0.2, -0.15) is 0 Å². The van der Waals surface area contributed by atoms with Gasteiger partial charge in [0.2, 0.25) is 0 Å². The van der Waals surface area contributed by atoms with Crippen LogP contribution in [-0.2, 0) is 0 Å². The van der Waals surface area contributed by atoms with E-state index < -0.39 is 6.10 Å². The SMILES string of the molecule is CCC(O)c1ccc(F)cc1.O=C1SCC(c2ccc(-c3cccc(O)c3)cc2O)N1c1ccc(-c2ccccc2)cc1. The first-order valence-electron chi connectivity index (χ1n) is 14.0. The van der Waals surface area contributed by atoms with Gasteiger partial charge in [0.1, 0.15) is 17.3 Å². The minimum absolute atomic E-state index is 0.0288. The van der Waals surface area contributed by atoms with Crippen molar-refractivity contribution in [1.82, 2.24) is 0 Å². The van der Waals surface area contributed by atoms with E-state index in [1.807, 2.05) is 67.6 Å². The number of carbonyl (C=O) groups excluding carboxylic acids is 1. The van der Waals surface area contributed by atoms with Crippen LogP contribution in [0.4, 0.5) is 14.9 Å². The van der Waals surface area contributed by atoms with Crippen LogP contribution in [0.1, 0.15) is 36.6 Å². The van der Waals surface area contributed by atoms with Crippen LogP contribution in [0, 0.1) is 5.82 Å². The number of halogens is 1. The van der Waals surface area contributed by atoms with E-state index in [9.17, 15) is 24.5 Å². The number of rotatable bonds is 6. The van der Waals surface area contributed by atoms with Gasteiger partial charge in [-0.25, -0.2) is 4.39 Å². The molecule has 218 valence electrons. The second-order valence-electron chi connectivity index (χ2n) is 10.2. The van der Waals surface area contributed by atoms with E-state index in [1.165, 1.54) is 23.9 Å². The Morgan fingerprint density at radius 2 is 1.42 bits per heavy atom. The van der Waals surface area contributed by atoms with Crippen LogP contribution in [0.15, 0.2) is 121 Å². The number of anilines is 1. The van der Waals surface area contributed by atoms with Crippen LogP contribution in [0.25, 0.3) is 22.3 Å². The Balaban J connectivity index is 0.000000283. The summed E-state index contributed by atoms with van der Waals surface area (Å²) in [6.45, 7) is 1.88. The van der Waals surface area contributed by atoms with Crippen LogP contribution in [0.2, 0.25) is 0 Å². The Hall–Kier alpha value is -4.59. The normalized spacial score (nSPS) is 15.1. The van der Waals surface area contributed by atoms with Gasteiger partial charge in [0.05, 0.1) is 12.1 Å². The number of aliphatic hydroxyl groups is 1. The summed E-state index contributed by atoms with van der Waals surface area (Å²) in [5.41, 5.74) is 6.12. The molecule has 0 radical (unpaired) electrons. The number of nitrogens with zero attached hydrogens (tertiary/aromatic N) is 1. The average molecular weight is 594 g/mol. The fourth-order valence-corrected chi connectivity index (χ4v) is 5.99. The van der Waals surface area contributed by atoms with Crippen LogP contribution in [0.3, 0.4) is 0 Å². The molecule has 43 heavy (non-hydrogen) atoms. The summed E-state index contributed by atoms with van der Waals surface area (Å²) in [7, 11) is 0. The Labute approximate surface area is 254 Å². The molecule has 7 heteroatoms. The molecule has 2 unspecified atom stereocenters. The predicted molar refractivity (Wildman–Crippen MR) is 172 cm³/mol. The molecule has 1 heterocycles. The zero-order valence-corrected chi connectivity index (χ0v) is 24.4. The first kappa shape index (κ1) is 29.9. The third-order valence-electron chi connectivity index (χ3n) is 7.34. The fourth-order valence-electron chi connectivity index (χ4n) is 4.99. The van der Waals surface area contributed by atoms with Crippen molar-refractivity contribution in [2.75, 3.05) is 10.7 Å². The van der Waals surface area contributed by atoms with Crippen molar-refractivity contribution < 1.29 is 24.5 Å². The van der Waals surface area contributed by atoms with Crippen molar-refractivity contribution in [1.29, 1.82) is 0 Å². The lowest BCUT2D eigenvalue weighted by atomic mass is 9.99. The Morgan fingerprint density at radius 1 is 0.791 bits per heavy atom. The Kier molecular flexibility index (Phi) is 9.45. The maximum atomic E-state index is 12.7. The van der Waals surface area contributed by atoms with Gasteiger partial charge in [0.25, 0.3) is 5.24 Å². The highest BCUT2D eigenvalue weighted by Crippen LogP contribution is 2.43. The van der Waals surface area contributed by atoms with Gasteiger partial charge in [0.15, 0.2) is 0 Å². The number of hydrogen-bond acceptors (Lipinski definition) is 5. The van der Waals surface area contributed by atoms with E-state index >= 15 is 0 Å². The van der Waals surface area contributed by atoms with Gasteiger partial charge in [-0.3, -0.25) is 9.69 Å². The number of phenolic OH excluding ortho intramolecular Hbond substituents is 2. The summed E-state index contributed by atoms with van der Waals surface area (Å²) < 4.78 is 12.4. The van der Waals surface area contributed by atoms with E-state index in [2.05, 4.69) is 12.1 Å². The third-order valence-corrected chi connectivity index (χ3v) is 8.26.